The summed E-state index contributed by atoms with van der Waals surface area (Å²) in [7, 11) is 1.85. The maximum atomic E-state index is 12.6. The molecule has 1 heterocycles. The minimum absolute atomic E-state index is 0.102. The third-order valence-electron chi connectivity index (χ3n) is 3.90. The molecule has 2 N–H and O–H groups in total. The molecule has 1 fully saturated rings. The van der Waals surface area contributed by atoms with Gasteiger partial charge in [-0.25, -0.2) is 4.98 Å². The van der Waals surface area contributed by atoms with E-state index in [0.717, 1.165) is 5.82 Å². The van der Waals surface area contributed by atoms with Crippen LogP contribution in [0.1, 0.15) is 37.5 Å². The largest absolute Gasteiger partial charge is 0.391 e. The first-order chi connectivity index (χ1) is 8.39. The zero-order chi connectivity index (χ0) is 13.3. The van der Waals surface area contributed by atoms with E-state index in [9.17, 15) is 13.2 Å². The highest BCUT2D eigenvalue weighted by Crippen LogP contribution is 2.42. The Hall–Kier alpha value is -1.04. The Morgan fingerprint density at radius 3 is 2.39 bits per heavy atom. The molecule has 0 amide bonds. The van der Waals surface area contributed by atoms with E-state index in [0.29, 0.717) is 12.8 Å². The second-order valence-corrected chi connectivity index (χ2v) is 5.08. The zero-order valence-electron chi connectivity index (χ0n) is 10.3. The number of halogens is 3. The maximum Gasteiger partial charge on any atom is 0.391 e. The molecular formula is C12H18F3N3. The lowest BCUT2D eigenvalue weighted by atomic mass is 9.78. The van der Waals surface area contributed by atoms with Gasteiger partial charge in [0.25, 0.3) is 0 Å². The molecule has 102 valence electrons. The van der Waals surface area contributed by atoms with Crippen molar-refractivity contribution in [2.45, 2.75) is 37.9 Å². The van der Waals surface area contributed by atoms with Crippen LogP contribution in [0, 0.1) is 11.8 Å². The van der Waals surface area contributed by atoms with E-state index >= 15 is 0 Å². The van der Waals surface area contributed by atoms with Crippen LogP contribution in [0.5, 0.6) is 0 Å². The van der Waals surface area contributed by atoms with Crippen molar-refractivity contribution < 1.29 is 13.2 Å². The number of hydrogen-bond acceptors (Lipinski definition) is 2. The number of alkyl halides is 3. The monoisotopic (exact) mass is 261 g/mol. The molecule has 0 spiro atoms. The van der Waals surface area contributed by atoms with Crippen LogP contribution in [0.25, 0.3) is 0 Å². The lowest BCUT2D eigenvalue weighted by molar-refractivity contribution is -0.184. The van der Waals surface area contributed by atoms with Crippen molar-refractivity contribution in [1.82, 2.24) is 9.55 Å². The Kier molecular flexibility index (Phi) is 3.66. The summed E-state index contributed by atoms with van der Waals surface area (Å²) in [5.74, 6) is -0.294. The Morgan fingerprint density at radius 2 is 1.94 bits per heavy atom. The molecule has 1 aromatic rings. The fourth-order valence-electron chi connectivity index (χ4n) is 2.71. The van der Waals surface area contributed by atoms with E-state index in [1.807, 2.05) is 11.6 Å². The summed E-state index contributed by atoms with van der Waals surface area (Å²) >= 11 is 0. The van der Waals surface area contributed by atoms with Crippen molar-refractivity contribution in [2.75, 3.05) is 0 Å². The SMILES string of the molecule is Cn1ccnc1C(N)C1CCC(C(F)(F)F)CC1. The number of rotatable bonds is 2. The molecule has 1 unspecified atom stereocenters. The van der Waals surface area contributed by atoms with Gasteiger partial charge >= 0.3 is 6.18 Å². The molecule has 1 saturated carbocycles. The molecule has 0 saturated heterocycles. The Bertz CT molecular complexity index is 392. The van der Waals surface area contributed by atoms with Crippen molar-refractivity contribution in [3.8, 4) is 0 Å². The molecule has 1 atom stereocenters. The molecule has 0 aliphatic heterocycles. The first-order valence-corrected chi connectivity index (χ1v) is 6.19. The van der Waals surface area contributed by atoms with Gasteiger partial charge in [0.05, 0.1) is 12.0 Å². The molecule has 2 rings (SSSR count). The van der Waals surface area contributed by atoms with Gasteiger partial charge in [0.15, 0.2) is 0 Å². The number of imidazole rings is 1. The van der Waals surface area contributed by atoms with E-state index in [2.05, 4.69) is 4.98 Å². The molecular weight excluding hydrogens is 243 g/mol. The second kappa shape index (κ2) is 4.91. The predicted molar refractivity (Wildman–Crippen MR) is 61.6 cm³/mol. The number of aromatic nitrogens is 2. The van der Waals surface area contributed by atoms with Gasteiger partial charge in [-0.2, -0.15) is 13.2 Å². The van der Waals surface area contributed by atoms with Crippen molar-refractivity contribution in [2.24, 2.45) is 24.6 Å². The number of nitrogens with zero attached hydrogens (tertiary/aromatic N) is 2. The molecule has 0 aromatic carbocycles. The van der Waals surface area contributed by atoms with Gasteiger partial charge in [0.1, 0.15) is 5.82 Å². The second-order valence-electron chi connectivity index (χ2n) is 5.08. The minimum atomic E-state index is -4.06. The van der Waals surface area contributed by atoms with Crippen LogP contribution in [0.3, 0.4) is 0 Å². The van der Waals surface area contributed by atoms with Crippen molar-refractivity contribution in [1.29, 1.82) is 0 Å². The smallest absolute Gasteiger partial charge is 0.337 e. The average molecular weight is 261 g/mol. The summed E-state index contributed by atoms with van der Waals surface area (Å²) < 4.78 is 39.5. The van der Waals surface area contributed by atoms with Gasteiger partial charge in [-0.15, -0.1) is 0 Å². The van der Waals surface area contributed by atoms with Crippen LogP contribution in [-0.4, -0.2) is 15.7 Å². The lowest BCUT2D eigenvalue weighted by Crippen LogP contribution is -2.32. The third-order valence-corrected chi connectivity index (χ3v) is 3.90. The maximum absolute atomic E-state index is 12.6. The molecule has 1 aliphatic rings. The van der Waals surface area contributed by atoms with Crippen LogP contribution >= 0.6 is 0 Å². The standard InChI is InChI=1S/C12H18F3N3/c1-18-7-6-17-11(18)10(16)8-2-4-9(5-3-8)12(13,14)15/h6-10H,2-5,16H2,1H3. The van der Waals surface area contributed by atoms with Gasteiger partial charge in [0, 0.05) is 19.4 Å². The van der Waals surface area contributed by atoms with Crippen molar-refractivity contribution >= 4 is 0 Å². The third kappa shape index (κ3) is 2.68. The lowest BCUT2D eigenvalue weighted by Gasteiger charge is -2.32. The van der Waals surface area contributed by atoms with Crippen LogP contribution in [0.2, 0.25) is 0 Å². The first-order valence-electron chi connectivity index (χ1n) is 6.19. The van der Waals surface area contributed by atoms with E-state index in [4.69, 9.17) is 5.73 Å². The molecule has 0 radical (unpaired) electrons. The highest BCUT2D eigenvalue weighted by molar-refractivity contribution is 5.00. The van der Waals surface area contributed by atoms with E-state index in [1.54, 1.807) is 12.4 Å². The normalized spacial score (nSPS) is 27.2. The molecule has 6 heteroatoms. The number of hydrogen-bond donors (Lipinski definition) is 1. The first kappa shape index (κ1) is 13.4. The molecule has 3 nitrogen and oxygen atoms in total. The molecule has 0 bridgehead atoms. The highest BCUT2D eigenvalue weighted by Gasteiger charge is 2.42. The fraction of sp³-hybridized carbons (Fsp3) is 0.750. The summed E-state index contributed by atoms with van der Waals surface area (Å²) in [5, 5.41) is 0. The topological polar surface area (TPSA) is 43.8 Å². The molecule has 1 aliphatic carbocycles. The molecule has 18 heavy (non-hydrogen) atoms. The highest BCUT2D eigenvalue weighted by atomic mass is 19.4. The summed E-state index contributed by atoms with van der Waals surface area (Å²) in [6, 6.07) is -0.265. The Labute approximate surface area is 104 Å². The predicted octanol–water partition coefficient (Wildman–Crippen LogP) is 2.79. The molecule has 1 aromatic heterocycles. The van der Waals surface area contributed by atoms with E-state index in [1.165, 1.54) is 0 Å². The summed E-state index contributed by atoms with van der Waals surface area (Å²) in [4.78, 5) is 4.17. The fourth-order valence-corrected chi connectivity index (χ4v) is 2.71. The van der Waals surface area contributed by atoms with Crippen molar-refractivity contribution in [3.05, 3.63) is 18.2 Å². The van der Waals surface area contributed by atoms with Crippen LogP contribution in [0.4, 0.5) is 13.2 Å². The van der Waals surface area contributed by atoms with Crippen LogP contribution in [-0.2, 0) is 7.05 Å². The number of aryl methyl sites for hydroxylation is 1. The van der Waals surface area contributed by atoms with E-state index in [-0.39, 0.29) is 24.8 Å². The summed E-state index contributed by atoms with van der Waals surface area (Å²) in [5.41, 5.74) is 6.10. The quantitative estimate of drug-likeness (QED) is 0.889. The zero-order valence-corrected chi connectivity index (χ0v) is 10.3. The van der Waals surface area contributed by atoms with Crippen LogP contribution in [0.15, 0.2) is 12.4 Å². The van der Waals surface area contributed by atoms with E-state index < -0.39 is 12.1 Å². The summed E-state index contributed by atoms with van der Waals surface area (Å²) in [6.45, 7) is 0. The average Bonchev–Trinajstić information content (AvgIpc) is 2.73. The van der Waals surface area contributed by atoms with Gasteiger partial charge in [-0.1, -0.05) is 0 Å². The minimum Gasteiger partial charge on any atom is -0.337 e. The number of nitrogens with two attached hydrogens (primary N) is 1. The summed E-state index contributed by atoms with van der Waals surface area (Å²) in [6.07, 6.45) is 0.834. The van der Waals surface area contributed by atoms with Gasteiger partial charge in [0.2, 0.25) is 0 Å². The van der Waals surface area contributed by atoms with Crippen LogP contribution < -0.4 is 5.73 Å². The Morgan fingerprint density at radius 1 is 1.33 bits per heavy atom. The van der Waals surface area contributed by atoms with Gasteiger partial charge < -0.3 is 10.3 Å². The Balaban J connectivity index is 1.96. The van der Waals surface area contributed by atoms with Crippen molar-refractivity contribution in [3.63, 3.8) is 0 Å². The van der Waals surface area contributed by atoms with Gasteiger partial charge in [-0.3, -0.25) is 0 Å². The van der Waals surface area contributed by atoms with Gasteiger partial charge in [-0.05, 0) is 31.6 Å².